The molecule has 0 bridgehead atoms. The number of hydrogen-bond donors (Lipinski definition) is 0. The summed E-state index contributed by atoms with van der Waals surface area (Å²) in [6.07, 6.45) is 0. The molecule has 1 aromatic rings. The van der Waals surface area contributed by atoms with E-state index in [2.05, 4.69) is 25.1 Å². The number of ether oxygens (including phenoxy) is 2. The second-order valence-corrected chi connectivity index (χ2v) is 4.25. The van der Waals surface area contributed by atoms with Crippen molar-refractivity contribution in [2.24, 2.45) is 0 Å². The number of hydrogen-bond acceptors (Lipinski definition) is 2. The Labute approximate surface area is 84.8 Å². The van der Waals surface area contributed by atoms with Gasteiger partial charge in [-0.3, -0.25) is 0 Å². The standard InChI is InChI=1S/C12H16O2/c1-9-4-5-10-7-13-12(2,3)14-8-11(10)6-9/h4-6H,7-8H2,1-3H3. The summed E-state index contributed by atoms with van der Waals surface area (Å²) in [6, 6.07) is 6.40. The molecule has 0 unspecified atom stereocenters. The van der Waals surface area contributed by atoms with Crippen LogP contribution in [-0.4, -0.2) is 5.79 Å². The van der Waals surface area contributed by atoms with Crippen molar-refractivity contribution < 1.29 is 9.47 Å². The maximum atomic E-state index is 5.65. The fourth-order valence-electron chi connectivity index (χ4n) is 1.57. The van der Waals surface area contributed by atoms with Crippen LogP contribution in [0.1, 0.15) is 30.5 Å². The molecular formula is C12H16O2. The fourth-order valence-corrected chi connectivity index (χ4v) is 1.57. The lowest BCUT2D eigenvalue weighted by Crippen LogP contribution is -2.25. The average Bonchev–Trinajstić information content (AvgIpc) is 2.26. The topological polar surface area (TPSA) is 18.5 Å². The van der Waals surface area contributed by atoms with Gasteiger partial charge in [-0.2, -0.15) is 0 Å². The van der Waals surface area contributed by atoms with Crippen LogP contribution in [0.4, 0.5) is 0 Å². The van der Waals surface area contributed by atoms with E-state index in [9.17, 15) is 0 Å². The van der Waals surface area contributed by atoms with Gasteiger partial charge in [0.15, 0.2) is 5.79 Å². The molecule has 0 aliphatic carbocycles. The predicted octanol–water partition coefficient (Wildman–Crippen LogP) is 2.78. The van der Waals surface area contributed by atoms with Crippen LogP contribution in [0.15, 0.2) is 18.2 Å². The van der Waals surface area contributed by atoms with Crippen molar-refractivity contribution in [3.63, 3.8) is 0 Å². The van der Waals surface area contributed by atoms with Crippen molar-refractivity contribution in [3.05, 3.63) is 34.9 Å². The van der Waals surface area contributed by atoms with Gasteiger partial charge in [-0.1, -0.05) is 23.8 Å². The van der Waals surface area contributed by atoms with Crippen LogP contribution in [0, 0.1) is 6.92 Å². The summed E-state index contributed by atoms with van der Waals surface area (Å²) in [7, 11) is 0. The molecular weight excluding hydrogens is 176 g/mol. The minimum Gasteiger partial charge on any atom is -0.346 e. The molecule has 14 heavy (non-hydrogen) atoms. The van der Waals surface area contributed by atoms with Crippen molar-refractivity contribution in [3.8, 4) is 0 Å². The Kier molecular flexibility index (Phi) is 2.33. The van der Waals surface area contributed by atoms with Crippen LogP contribution in [0.25, 0.3) is 0 Å². The molecule has 0 saturated carbocycles. The predicted molar refractivity (Wildman–Crippen MR) is 54.8 cm³/mol. The highest BCUT2D eigenvalue weighted by Crippen LogP contribution is 2.24. The van der Waals surface area contributed by atoms with Gasteiger partial charge in [0, 0.05) is 0 Å². The molecule has 0 atom stereocenters. The monoisotopic (exact) mass is 192 g/mol. The molecule has 0 radical (unpaired) electrons. The Morgan fingerprint density at radius 1 is 1.07 bits per heavy atom. The highest BCUT2D eigenvalue weighted by molar-refractivity contribution is 5.31. The zero-order valence-electron chi connectivity index (χ0n) is 8.96. The third kappa shape index (κ3) is 1.97. The van der Waals surface area contributed by atoms with Gasteiger partial charge in [0.05, 0.1) is 13.2 Å². The molecule has 1 heterocycles. The second kappa shape index (κ2) is 3.37. The SMILES string of the molecule is Cc1ccc2c(c1)COC(C)(C)OC2. The van der Waals surface area contributed by atoms with E-state index in [-0.39, 0.29) is 0 Å². The number of benzene rings is 1. The largest absolute Gasteiger partial charge is 0.346 e. The summed E-state index contributed by atoms with van der Waals surface area (Å²) in [6.45, 7) is 7.28. The minimum atomic E-state index is -0.465. The number of aryl methyl sites for hydroxylation is 1. The average molecular weight is 192 g/mol. The van der Waals surface area contributed by atoms with E-state index in [4.69, 9.17) is 9.47 Å². The molecule has 2 rings (SSSR count). The first-order chi connectivity index (χ1) is 6.57. The van der Waals surface area contributed by atoms with Gasteiger partial charge in [-0.25, -0.2) is 0 Å². The van der Waals surface area contributed by atoms with Crippen molar-refractivity contribution in [1.82, 2.24) is 0 Å². The Balaban J connectivity index is 2.30. The summed E-state index contributed by atoms with van der Waals surface area (Å²) >= 11 is 0. The highest BCUT2D eigenvalue weighted by atomic mass is 16.7. The van der Waals surface area contributed by atoms with E-state index in [1.54, 1.807) is 0 Å². The molecule has 0 saturated heterocycles. The van der Waals surface area contributed by atoms with E-state index in [1.165, 1.54) is 16.7 Å². The van der Waals surface area contributed by atoms with E-state index in [1.807, 2.05) is 13.8 Å². The van der Waals surface area contributed by atoms with Gasteiger partial charge in [-0.15, -0.1) is 0 Å². The molecule has 76 valence electrons. The summed E-state index contributed by atoms with van der Waals surface area (Å²) in [5.41, 5.74) is 3.75. The molecule has 1 aliphatic rings. The quantitative estimate of drug-likeness (QED) is 0.629. The third-order valence-corrected chi connectivity index (χ3v) is 2.51. The van der Waals surface area contributed by atoms with Crippen LogP contribution in [0.2, 0.25) is 0 Å². The van der Waals surface area contributed by atoms with Gasteiger partial charge >= 0.3 is 0 Å². The zero-order valence-corrected chi connectivity index (χ0v) is 8.96. The molecule has 0 spiro atoms. The molecule has 0 fully saturated rings. The number of rotatable bonds is 0. The Morgan fingerprint density at radius 2 is 1.71 bits per heavy atom. The maximum absolute atomic E-state index is 5.65. The Bertz CT molecular complexity index is 342. The van der Waals surface area contributed by atoms with E-state index >= 15 is 0 Å². The Morgan fingerprint density at radius 3 is 2.43 bits per heavy atom. The third-order valence-electron chi connectivity index (χ3n) is 2.51. The smallest absolute Gasteiger partial charge is 0.163 e. The van der Waals surface area contributed by atoms with Crippen LogP contribution in [0.3, 0.4) is 0 Å². The zero-order chi connectivity index (χ0) is 10.2. The first kappa shape index (κ1) is 9.69. The summed E-state index contributed by atoms with van der Waals surface area (Å²) in [4.78, 5) is 0. The van der Waals surface area contributed by atoms with E-state index < -0.39 is 5.79 Å². The van der Waals surface area contributed by atoms with Gasteiger partial charge in [0.1, 0.15) is 0 Å². The lowest BCUT2D eigenvalue weighted by atomic mass is 10.1. The second-order valence-electron chi connectivity index (χ2n) is 4.25. The summed E-state index contributed by atoms with van der Waals surface area (Å²) < 4.78 is 11.3. The van der Waals surface area contributed by atoms with Crippen LogP contribution in [0.5, 0.6) is 0 Å². The van der Waals surface area contributed by atoms with Crippen LogP contribution < -0.4 is 0 Å². The highest BCUT2D eigenvalue weighted by Gasteiger charge is 2.23. The van der Waals surface area contributed by atoms with Crippen LogP contribution >= 0.6 is 0 Å². The van der Waals surface area contributed by atoms with E-state index in [0.717, 1.165) is 0 Å². The van der Waals surface area contributed by atoms with Crippen molar-refractivity contribution in [2.75, 3.05) is 0 Å². The molecule has 0 N–H and O–H groups in total. The minimum absolute atomic E-state index is 0.465. The van der Waals surface area contributed by atoms with Crippen molar-refractivity contribution in [2.45, 2.75) is 39.8 Å². The first-order valence-corrected chi connectivity index (χ1v) is 4.93. The summed E-state index contributed by atoms with van der Waals surface area (Å²) in [5.74, 6) is -0.465. The van der Waals surface area contributed by atoms with E-state index in [0.29, 0.717) is 13.2 Å². The molecule has 1 aromatic carbocycles. The molecule has 2 heteroatoms. The fraction of sp³-hybridized carbons (Fsp3) is 0.500. The first-order valence-electron chi connectivity index (χ1n) is 4.93. The van der Waals surface area contributed by atoms with Gasteiger partial charge in [0.25, 0.3) is 0 Å². The van der Waals surface area contributed by atoms with Gasteiger partial charge in [-0.05, 0) is 31.9 Å². The lowest BCUT2D eigenvalue weighted by Gasteiger charge is -2.22. The van der Waals surface area contributed by atoms with Crippen molar-refractivity contribution >= 4 is 0 Å². The molecule has 0 amide bonds. The maximum Gasteiger partial charge on any atom is 0.163 e. The van der Waals surface area contributed by atoms with Crippen LogP contribution in [-0.2, 0) is 22.7 Å². The van der Waals surface area contributed by atoms with Gasteiger partial charge in [0.2, 0.25) is 0 Å². The molecule has 0 aromatic heterocycles. The molecule has 1 aliphatic heterocycles. The Hall–Kier alpha value is -0.860. The number of fused-ring (bicyclic) bond motifs is 1. The van der Waals surface area contributed by atoms with Crippen molar-refractivity contribution in [1.29, 1.82) is 0 Å². The van der Waals surface area contributed by atoms with Gasteiger partial charge < -0.3 is 9.47 Å². The normalized spacial score (nSPS) is 19.9. The summed E-state index contributed by atoms with van der Waals surface area (Å²) in [5, 5.41) is 0. The lowest BCUT2D eigenvalue weighted by molar-refractivity contribution is -0.219. The molecule has 2 nitrogen and oxygen atoms in total.